The molecule has 0 amide bonds. The molecule has 12 aromatic carbocycles. The molecule has 6 aliphatic rings. The molecule has 0 saturated carbocycles. The first-order valence-electron chi connectivity index (χ1n) is 30.7. The summed E-state index contributed by atoms with van der Waals surface area (Å²) in [7, 11) is 0. The lowest BCUT2D eigenvalue weighted by molar-refractivity contribution is -0.717. The Morgan fingerprint density at radius 2 is 0.690 bits per heavy atom. The fourth-order valence-corrected chi connectivity index (χ4v) is 16.8. The van der Waals surface area contributed by atoms with E-state index in [1.54, 1.807) is 0 Å². The Balaban J connectivity index is 0.0000000960. The third-order valence-corrected chi connectivity index (χ3v) is 20.8. The number of para-hydroxylation sites is 1. The van der Waals surface area contributed by atoms with Gasteiger partial charge in [-0.3, -0.25) is 0 Å². The number of benzene rings is 12. The van der Waals surface area contributed by atoms with Crippen molar-refractivity contribution < 1.29 is 27.9 Å². The van der Waals surface area contributed by atoms with Crippen molar-refractivity contribution in [3.8, 4) is 51.0 Å². The highest BCUT2D eigenvalue weighted by Gasteiger charge is 2.50. The molecule has 0 fully saturated rings. The lowest BCUT2D eigenvalue weighted by Gasteiger charge is -2.23. The lowest BCUT2D eigenvalue weighted by Crippen LogP contribution is -2.42. The van der Waals surface area contributed by atoms with Gasteiger partial charge in [-0.05, 0) is 141 Å². The first-order chi connectivity index (χ1) is 42.4. The van der Waals surface area contributed by atoms with Crippen LogP contribution in [0.5, 0.6) is 17.2 Å². The van der Waals surface area contributed by atoms with Gasteiger partial charge in [0.1, 0.15) is 17.2 Å². The fraction of sp³-hybridized carbons (Fsp3) is 0.148. The van der Waals surface area contributed by atoms with Gasteiger partial charge in [0.15, 0.2) is 6.20 Å². The third kappa shape index (κ3) is 6.47. The molecule has 414 valence electrons. The largest absolute Gasteiger partial charge is 0.435 e. The number of pyridine rings is 3. The zero-order valence-electron chi connectivity index (χ0n) is 49.5. The summed E-state index contributed by atoms with van der Waals surface area (Å²) in [5, 5.41) is 20.8. The van der Waals surface area contributed by atoms with E-state index in [2.05, 4.69) is 274 Å². The fourth-order valence-electron chi connectivity index (χ4n) is 16.8. The summed E-state index contributed by atoms with van der Waals surface area (Å²) in [5.74, 6) is 3.06. The quantitative estimate of drug-likeness (QED) is 0.0863. The highest BCUT2D eigenvalue weighted by Crippen LogP contribution is 2.59. The molecule has 0 saturated heterocycles. The maximum atomic E-state index is 6.46. The maximum Gasteiger partial charge on any atom is 0.293 e. The number of rotatable bonds is 0. The van der Waals surface area contributed by atoms with Gasteiger partial charge in [-0.1, -0.05) is 187 Å². The number of fused-ring (bicyclic) bond motifs is 17. The summed E-state index contributed by atoms with van der Waals surface area (Å²) in [6, 6.07) is 77.5. The normalized spacial score (nSPS) is 15.7. The Kier molecular flexibility index (Phi) is 9.63. The highest BCUT2D eigenvalue weighted by atomic mass is 16.5. The second-order valence-corrected chi connectivity index (χ2v) is 26.5. The zero-order chi connectivity index (χ0) is 58.0. The van der Waals surface area contributed by atoms with E-state index in [1.807, 2.05) is 0 Å². The molecule has 0 atom stereocenters. The van der Waals surface area contributed by atoms with Crippen molar-refractivity contribution in [2.75, 3.05) is 0 Å². The molecule has 6 heteroatoms. The summed E-state index contributed by atoms with van der Waals surface area (Å²) in [6.45, 7) is 15.9. The summed E-state index contributed by atoms with van der Waals surface area (Å²) >= 11 is 0. The van der Waals surface area contributed by atoms with Crippen molar-refractivity contribution in [2.45, 2.75) is 78.0 Å². The van der Waals surface area contributed by atoms with E-state index in [9.17, 15) is 0 Å². The molecule has 0 bridgehead atoms. The van der Waals surface area contributed by atoms with Crippen LogP contribution in [0.2, 0.25) is 0 Å². The molecule has 3 aromatic heterocycles. The summed E-state index contributed by atoms with van der Waals surface area (Å²) in [5.41, 5.74) is 18.5. The van der Waals surface area contributed by atoms with Gasteiger partial charge in [0.2, 0.25) is 28.1 Å². The monoisotopic (exact) mass is 1120 g/mol. The van der Waals surface area contributed by atoms with E-state index in [0.29, 0.717) is 20.2 Å². The summed E-state index contributed by atoms with van der Waals surface area (Å²) in [6.07, 6.45) is 2.13. The van der Waals surface area contributed by atoms with Crippen molar-refractivity contribution in [3.05, 3.63) is 252 Å². The Hall–Kier alpha value is -10.2. The smallest absolute Gasteiger partial charge is 0.293 e. The van der Waals surface area contributed by atoms with Crippen molar-refractivity contribution in [2.24, 2.45) is 0 Å². The van der Waals surface area contributed by atoms with Crippen LogP contribution in [0.15, 0.2) is 219 Å². The van der Waals surface area contributed by atoms with Crippen LogP contribution in [0.4, 0.5) is 0 Å². The van der Waals surface area contributed by atoms with Gasteiger partial charge in [-0.25, -0.2) is 0 Å². The van der Waals surface area contributed by atoms with Crippen LogP contribution in [0.25, 0.3) is 131 Å². The second kappa shape index (κ2) is 17.0. The molecule has 0 N–H and O–H groups in total. The minimum atomic E-state index is -0.127. The van der Waals surface area contributed by atoms with Crippen LogP contribution in [0.1, 0.15) is 74.9 Å². The Morgan fingerprint density at radius 3 is 1.21 bits per heavy atom. The van der Waals surface area contributed by atoms with Crippen LogP contribution in [0.3, 0.4) is 0 Å². The number of aromatic nitrogens is 3. The molecule has 15 aromatic rings. The van der Waals surface area contributed by atoms with Gasteiger partial charge >= 0.3 is 0 Å². The molecule has 6 nitrogen and oxygen atoms in total. The van der Waals surface area contributed by atoms with E-state index >= 15 is 0 Å². The Morgan fingerprint density at radius 1 is 0.299 bits per heavy atom. The second-order valence-electron chi connectivity index (χ2n) is 26.5. The number of hydrogen-bond donors (Lipinski definition) is 0. The van der Waals surface area contributed by atoms with E-state index in [-0.39, 0.29) is 16.2 Å². The Labute approximate surface area is 503 Å². The van der Waals surface area contributed by atoms with Crippen LogP contribution >= 0.6 is 0 Å². The number of nitrogens with zero attached hydrogens (tertiary/aromatic N) is 3. The molecule has 87 heavy (non-hydrogen) atoms. The summed E-state index contributed by atoms with van der Waals surface area (Å²) in [4.78, 5) is 0. The maximum absolute atomic E-state index is 6.46. The minimum absolute atomic E-state index is 0.0419. The molecule has 21 rings (SSSR count). The van der Waals surface area contributed by atoms with E-state index in [4.69, 9.17) is 14.2 Å². The van der Waals surface area contributed by atoms with Crippen molar-refractivity contribution in [1.29, 1.82) is 0 Å². The standard InChI is InChI=1S/C31H22NO.C27H20NO.C23H18NO/c1-31(2)24-14-22-13-19-8-3-4-9-20(19)15-25(22)32-17-33-26-16-21-12-11-18-7-5-6-10-23(18)27(21)29(31)28(26)30(24)32;1-27(2)20-13-17-8-4-6-10-21(17)28-15-29-22-14-18-12-11-16-7-3-5-9-19(16)23(18)25(27)24(22)26(20)28;1-23(2)17-8-5-11-24-13-25-18-12-15-10-9-14-6-3-4-7-16(14)19(15)21(23)20(18)22(17)24/h3-16H,17H2,1-2H3;3-14H,15H2,1-2H3;3-12H,13H2,1-2H3/q3*+1. The Bertz CT molecular complexity index is 5700. The van der Waals surface area contributed by atoms with Crippen LogP contribution in [-0.4, -0.2) is 0 Å². The first kappa shape index (κ1) is 49.1. The van der Waals surface area contributed by atoms with Gasteiger partial charge in [0.25, 0.3) is 20.2 Å². The van der Waals surface area contributed by atoms with Gasteiger partial charge in [-0.2, -0.15) is 13.7 Å². The number of ether oxygens (including phenoxy) is 3. The van der Waals surface area contributed by atoms with E-state index < -0.39 is 0 Å². The topological polar surface area (TPSA) is 39.3 Å². The lowest BCUT2D eigenvalue weighted by atomic mass is 9.79. The van der Waals surface area contributed by atoms with Crippen molar-refractivity contribution in [3.63, 3.8) is 0 Å². The van der Waals surface area contributed by atoms with Crippen LogP contribution < -0.4 is 27.9 Å². The van der Waals surface area contributed by atoms with Crippen LogP contribution in [0, 0.1) is 0 Å². The minimum Gasteiger partial charge on any atom is -0.435 e. The predicted octanol–water partition coefficient (Wildman–Crippen LogP) is 18.3. The highest BCUT2D eigenvalue weighted by molar-refractivity contribution is 6.17. The molecule has 6 heterocycles. The van der Waals surface area contributed by atoms with E-state index in [0.717, 1.165) is 17.2 Å². The molecule has 0 spiro atoms. The molecule has 0 radical (unpaired) electrons. The molecule has 3 aliphatic carbocycles. The molecule has 3 aliphatic heterocycles. The SMILES string of the molecule is CC1(C)c2cc3cc4ccccc4cc3[n+]3c2-c2c(cc4ccc5ccccc5c4c21)OC3.CC1(C)c2cc3ccccc3[n+]3c2-c2c(cc4ccc5ccccc5c4c21)OC3.CC1(C)c2ccc[n+]3c2-c2c(cc4ccc5ccccc5c4c21)OC3. The molecule has 0 unspecified atom stereocenters. The van der Waals surface area contributed by atoms with Gasteiger partial charge in [0.05, 0.1) is 16.7 Å². The predicted molar refractivity (Wildman–Crippen MR) is 352 cm³/mol. The van der Waals surface area contributed by atoms with Gasteiger partial charge in [-0.15, -0.1) is 0 Å². The average Bonchev–Trinajstić information content (AvgIpc) is 1.60. The molecular formula is C81H60N3O3+3. The average molecular weight is 1120 g/mol. The van der Waals surface area contributed by atoms with Gasteiger partial charge < -0.3 is 14.2 Å². The van der Waals surface area contributed by atoms with E-state index in [1.165, 1.54) is 164 Å². The first-order valence-corrected chi connectivity index (χ1v) is 30.7. The van der Waals surface area contributed by atoms with Crippen molar-refractivity contribution >= 4 is 97.2 Å². The van der Waals surface area contributed by atoms with Gasteiger partial charge in [0, 0.05) is 61.9 Å². The number of hydrogen-bond acceptors (Lipinski definition) is 3. The van der Waals surface area contributed by atoms with Crippen LogP contribution in [-0.2, 0) is 36.4 Å². The summed E-state index contributed by atoms with van der Waals surface area (Å²) < 4.78 is 26.0. The molecular weight excluding hydrogens is 1060 g/mol. The third-order valence-electron chi connectivity index (χ3n) is 20.8. The zero-order valence-corrected chi connectivity index (χ0v) is 49.5. The van der Waals surface area contributed by atoms with Crippen molar-refractivity contribution in [1.82, 2.24) is 0 Å².